The maximum atomic E-state index is 12.2. The van der Waals surface area contributed by atoms with Crippen molar-refractivity contribution in [2.45, 2.75) is 25.9 Å². The zero-order chi connectivity index (χ0) is 13.4. The fourth-order valence-corrected chi connectivity index (χ4v) is 3.44. The summed E-state index contributed by atoms with van der Waals surface area (Å²) in [7, 11) is 0. The number of amides is 1. The van der Waals surface area contributed by atoms with Gasteiger partial charge in [0.25, 0.3) is 5.91 Å². The molecule has 1 aliphatic carbocycles. The van der Waals surface area contributed by atoms with Gasteiger partial charge < -0.3 is 10.4 Å². The molecule has 2 aromatic rings. The van der Waals surface area contributed by atoms with E-state index in [1.165, 1.54) is 11.3 Å². The van der Waals surface area contributed by atoms with Crippen LogP contribution in [0, 0.1) is 12.8 Å². The van der Waals surface area contributed by atoms with Gasteiger partial charge in [0.15, 0.2) is 0 Å². The Morgan fingerprint density at radius 3 is 2.89 bits per heavy atom. The number of aryl methyl sites for hydroxylation is 1. The van der Waals surface area contributed by atoms with Crippen LogP contribution in [0.15, 0.2) is 24.3 Å². The molecule has 0 saturated heterocycles. The van der Waals surface area contributed by atoms with Crippen LogP contribution in [0.4, 0.5) is 0 Å². The quantitative estimate of drug-likeness (QED) is 0.901. The van der Waals surface area contributed by atoms with Gasteiger partial charge in [-0.05, 0) is 42.7 Å². The van der Waals surface area contributed by atoms with Crippen LogP contribution < -0.4 is 5.32 Å². The van der Waals surface area contributed by atoms with Crippen molar-refractivity contribution >= 4 is 27.3 Å². The van der Waals surface area contributed by atoms with Gasteiger partial charge in [-0.1, -0.05) is 18.2 Å². The predicted molar refractivity (Wildman–Crippen MR) is 77.6 cm³/mol. The number of nitrogens with one attached hydrogen (secondary N) is 1. The van der Waals surface area contributed by atoms with Gasteiger partial charge in [-0.3, -0.25) is 4.79 Å². The molecule has 2 N–H and O–H groups in total. The van der Waals surface area contributed by atoms with Crippen LogP contribution in [0.5, 0.6) is 0 Å². The summed E-state index contributed by atoms with van der Waals surface area (Å²) in [6, 6.07) is 8.04. The van der Waals surface area contributed by atoms with Crippen molar-refractivity contribution < 1.29 is 9.90 Å². The largest absolute Gasteiger partial charge is 0.391 e. The number of benzene rings is 1. The second-order valence-corrected chi connectivity index (χ2v) is 6.22. The Labute approximate surface area is 116 Å². The highest BCUT2D eigenvalue weighted by Crippen LogP contribution is 2.33. The number of hydrogen-bond donors (Lipinski definition) is 2. The van der Waals surface area contributed by atoms with E-state index in [0.717, 1.165) is 33.4 Å². The van der Waals surface area contributed by atoms with Gasteiger partial charge in [0.1, 0.15) is 0 Å². The van der Waals surface area contributed by atoms with E-state index in [0.29, 0.717) is 12.5 Å². The first-order valence-electron chi connectivity index (χ1n) is 6.61. The van der Waals surface area contributed by atoms with Gasteiger partial charge in [-0.25, -0.2) is 0 Å². The van der Waals surface area contributed by atoms with E-state index in [1.807, 2.05) is 31.2 Å². The third-order valence-electron chi connectivity index (χ3n) is 3.69. The smallest absolute Gasteiger partial charge is 0.261 e. The van der Waals surface area contributed by atoms with E-state index >= 15 is 0 Å². The Hall–Kier alpha value is -1.39. The highest BCUT2D eigenvalue weighted by atomic mass is 32.1. The Morgan fingerprint density at radius 2 is 2.21 bits per heavy atom. The van der Waals surface area contributed by atoms with Gasteiger partial charge in [0.2, 0.25) is 0 Å². The molecule has 1 aromatic heterocycles. The van der Waals surface area contributed by atoms with E-state index in [1.54, 1.807) is 0 Å². The fraction of sp³-hybridized carbons (Fsp3) is 0.400. The number of rotatable bonds is 4. The minimum atomic E-state index is -0.390. The maximum Gasteiger partial charge on any atom is 0.261 e. The van der Waals surface area contributed by atoms with Gasteiger partial charge in [0.05, 0.1) is 11.0 Å². The summed E-state index contributed by atoms with van der Waals surface area (Å²) in [5.41, 5.74) is 1.03. The van der Waals surface area contributed by atoms with Crippen molar-refractivity contribution in [3.8, 4) is 0 Å². The van der Waals surface area contributed by atoms with Gasteiger partial charge in [0, 0.05) is 11.2 Å². The molecule has 1 heterocycles. The molecule has 0 aliphatic heterocycles. The topological polar surface area (TPSA) is 49.3 Å². The van der Waals surface area contributed by atoms with E-state index < -0.39 is 6.10 Å². The van der Waals surface area contributed by atoms with Crippen LogP contribution in [0.2, 0.25) is 0 Å². The Kier molecular flexibility index (Phi) is 3.29. The van der Waals surface area contributed by atoms with Crippen LogP contribution in [-0.2, 0) is 0 Å². The van der Waals surface area contributed by atoms with Crippen molar-refractivity contribution in [2.24, 2.45) is 5.92 Å². The third kappa shape index (κ3) is 2.51. The Balaban J connectivity index is 1.75. The molecular formula is C15H17NO2S. The lowest BCUT2D eigenvalue weighted by atomic mass is 10.1. The normalized spacial score (nSPS) is 16.5. The first-order chi connectivity index (χ1) is 9.16. The molecule has 1 saturated carbocycles. The Bertz CT molecular complexity index is 616. The molecule has 1 atom stereocenters. The second-order valence-electron chi connectivity index (χ2n) is 5.17. The first-order valence-corrected chi connectivity index (χ1v) is 7.43. The van der Waals surface area contributed by atoms with Crippen molar-refractivity contribution in [1.29, 1.82) is 0 Å². The van der Waals surface area contributed by atoms with Crippen molar-refractivity contribution in [1.82, 2.24) is 5.32 Å². The molecule has 19 heavy (non-hydrogen) atoms. The average Bonchev–Trinajstić information content (AvgIpc) is 3.21. The van der Waals surface area contributed by atoms with Crippen LogP contribution in [0.1, 0.15) is 28.1 Å². The van der Waals surface area contributed by atoms with Crippen LogP contribution in [-0.4, -0.2) is 23.7 Å². The lowest BCUT2D eigenvalue weighted by Crippen LogP contribution is -2.33. The average molecular weight is 275 g/mol. The summed E-state index contributed by atoms with van der Waals surface area (Å²) in [6.45, 7) is 2.34. The minimum absolute atomic E-state index is 0.0709. The number of thiophene rings is 1. The monoisotopic (exact) mass is 275 g/mol. The van der Waals surface area contributed by atoms with Crippen LogP contribution in [0.3, 0.4) is 0 Å². The molecule has 1 amide bonds. The third-order valence-corrected chi connectivity index (χ3v) is 4.96. The summed E-state index contributed by atoms with van der Waals surface area (Å²) in [4.78, 5) is 12.9. The summed E-state index contributed by atoms with van der Waals surface area (Å²) < 4.78 is 1.13. The van der Waals surface area contributed by atoms with E-state index in [4.69, 9.17) is 0 Å². The maximum absolute atomic E-state index is 12.2. The summed E-state index contributed by atoms with van der Waals surface area (Å²) in [6.07, 6.45) is 1.77. The zero-order valence-corrected chi connectivity index (χ0v) is 11.7. The summed E-state index contributed by atoms with van der Waals surface area (Å²) in [5, 5.41) is 13.8. The number of fused-ring (bicyclic) bond motifs is 1. The van der Waals surface area contributed by atoms with E-state index in [9.17, 15) is 9.90 Å². The molecule has 3 rings (SSSR count). The highest BCUT2D eigenvalue weighted by molar-refractivity contribution is 7.21. The SMILES string of the molecule is Cc1c(C(=O)NCC(O)C2CC2)sc2ccccc12. The number of carbonyl (C=O) groups excluding carboxylic acids is 1. The molecule has 100 valence electrons. The van der Waals surface area contributed by atoms with Gasteiger partial charge in [-0.2, -0.15) is 0 Å². The molecule has 1 fully saturated rings. The predicted octanol–water partition coefficient (Wildman–Crippen LogP) is 2.71. The lowest BCUT2D eigenvalue weighted by Gasteiger charge is -2.10. The lowest BCUT2D eigenvalue weighted by molar-refractivity contribution is 0.0904. The molecule has 1 aromatic carbocycles. The van der Waals surface area contributed by atoms with Crippen LogP contribution in [0.25, 0.3) is 10.1 Å². The molecule has 0 radical (unpaired) electrons. The molecule has 4 heteroatoms. The molecule has 0 spiro atoms. The van der Waals surface area contributed by atoms with Crippen molar-refractivity contribution in [3.05, 3.63) is 34.7 Å². The number of aliphatic hydroxyl groups excluding tert-OH is 1. The fourth-order valence-electron chi connectivity index (χ4n) is 2.32. The van der Waals surface area contributed by atoms with Gasteiger partial charge >= 0.3 is 0 Å². The van der Waals surface area contributed by atoms with E-state index in [2.05, 4.69) is 5.32 Å². The molecule has 3 nitrogen and oxygen atoms in total. The van der Waals surface area contributed by atoms with E-state index in [-0.39, 0.29) is 5.91 Å². The summed E-state index contributed by atoms with van der Waals surface area (Å²) in [5.74, 6) is 0.321. The number of hydrogen-bond acceptors (Lipinski definition) is 3. The zero-order valence-electron chi connectivity index (χ0n) is 10.8. The molecule has 1 unspecified atom stereocenters. The van der Waals surface area contributed by atoms with Crippen LogP contribution >= 0.6 is 11.3 Å². The number of carbonyl (C=O) groups is 1. The van der Waals surface area contributed by atoms with Crippen molar-refractivity contribution in [2.75, 3.05) is 6.54 Å². The molecule has 1 aliphatic rings. The minimum Gasteiger partial charge on any atom is -0.391 e. The van der Waals surface area contributed by atoms with Crippen molar-refractivity contribution in [3.63, 3.8) is 0 Å². The van der Waals surface area contributed by atoms with Gasteiger partial charge in [-0.15, -0.1) is 11.3 Å². The first kappa shape index (κ1) is 12.6. The second kappa shape index (κ2) is 4.94. The Morgan fingerprint density at radius 1 is 1.47 bits per heavy atom. The number of aliphatic hydroxyl groups is 1. The highest BCUT2D eigenvalue weighted by Gasteiger charge is 2.30. The standard InChI is InChI=1S/C15H17NO2S/c1-9-11-4-2-3-5-13(11)19-14(9)15(18)16-8-12(17)10-6-7-10/h2-5,10,12,17H,6-8H2,1H3,(H,16,18). The molecular weight excluding hydrogens is 258 g/mol. The summed E-state index contributed by atoms with van der Waals surface area (Å²) >= 11 is 1.51. The molecule has 0 bridgehead atoms.